The van der Waals surface area contributed by atoms with Crippen LogP contribution in [0.1, 0.15) is 6.92 Å². The maximum Gasteiger partial charge on any atom is 0.183 e. The Morgan fingerprint density at radius 3 is 2.74 bits per heavy atom. The standard InChI is InChI=1S/C13H15ClN2O2S/c1-4-15-13-16-7-10(19-13)8-5-6-9(17-2)12(18-3)11(8)14/h5-7H,4H2,1-3H3,(H,15,16). The number of benzene rings is 1. The molecule has 0 fully saturated rings. The zero-order valence-corrected chi connectivity index (χ0v) is 12.6. The van der Waals surface area contributed by atoms with Crippen LogP contribution in [0.2, 0.25) is 5.02 Å². The molecule has 0 aliphatic heterocycles. The Morgan fingerprint density at radius 1 is 1.32 bits per heavy atom. The molecule has 0 unspecified atom stereocenters. The van der Waals surface area contributed by atoms with Gasteiger partial charge in [0.1, 0.15) is 0 Å². The van der Waals surface area contributed by atoms with Gasteiger partial charge in [-0.3, -0.25) is 0 Å². The molecule has 0 saturated carbocycles. The van der Waals surface area contributed by atoms with Crippen LogP contribution in [0, 0.1) is 0 Å². The maximum absolute atomic E-state index is 6.37. The molecular weight excluding hydrogens is 284 g/mol. The van der Waals surface area contributed by atoms with Crippen LogP contribution in [0.3, 0.4) is 0 Å². The van der Waals surface area contributed by atoms with Gasteiger partial charge in [-0.15, -0.1) is 0 Å². The van der Waals surface area contributed by atoms with Gasteiger partial charge in [0.15, 0.2) is 16.6 Å². The van der Waals surface area contributed by atoms with Crippen molar-refractivity contribution >= 4 is 28.1 Å². The molecule has 102 valence electrons. The number of thiazole rings is 1. The molecule has 0 saturated heterocycles. The zero-order chi connectivity index (χ0) is 13.8. The van der Waals surface area contributed by atoms with E-state index >= 15 is 0 Å². The van der Waals surface area contributed by atoms with Gasteiger partial charge in [-0.2, -0.15) is 0 Å². The summed E-state index contributed by atoms with van der Waals surface area (Å²) in [6.45, 7) is 2.87. The highest BCUT2D eigenvalue weighted by Crippen LogP contribution is 2.43. The maximum atomic E-state index is 6.37. The lowest BCUT2D eigenvalue weighted by Crippen LogP contribution is -1.94. The molecule has 0 aliphatic carbocycles. The van der Waals surface area contributed by atoms with Gasteiger partial charge in [0.25, 0.3) is 0 Å². The van der Waals surface area contributed by atoms with Crippen molar-refractivity contribution < 1.29 is 9.47 Å². The van der Waals surface area contributed by atoms with Gasteiger partial charge < -0.3 is 14.8 Å². The van der Waals surface area contributed by atoms with Crippen molar-refractivity contribution in [2.75, 3.05) is 26.1 Å². The highest BCUT2D eigenvalue weighted by atomic mass is 35.5. The van der Waals surface area contributed by atoms with Crippen molar-refractivity contribution in [3.63, 3.8) is 0 Å². The number of methoxy groups -OCH3 is 2. The Morgan fingerprint density at radius 2 is 2.11 bits per heavy atom. The summed E-state index contributed by atoms with van der Waals surface area (Å²) < 4.78 is 10.5. The topological polar surface area (TPSA) is 43.4 Å². The summed E-state index contributed by atoms with van der Waals surface area (Å²) >= 11 is 7.92. The quantitative estimate of drug-likeness (QED) is 0.909. The van der Waals surface area contributed by atoms with Crippen LogP contribution in [0.25, 0.3) is 10.4 Å². The van der Waals surface area contributed by atoms with Crippen molar-refractivity contribution in [2.45, 2.75) is 6.92 Å². The molecular formula is C13H15ClN2O2S. The molecule has 0 bridgehead atoms. The molecule has 19 heavy (non-hydrogen) atoms. The highest BCUT2D eigenvalue weighted by Gasteiger charge is 2.16. The van der Waals surface area contributed by atoms with E-state index in [9.17, 15) is 0 Å². The Labute approximate surface area is 121 Å². The van der Waals surface area contributed by atoms with E-state index in [0.717, 1.165) is 22.1 Å². The second-order valence-electron chi connectivity index (χ2n) is 3.72. The van der Waals surface area contributed by atoms with Crippen LogP contribution < -0.4 is 14.8 Å². The third-order valence-corrected chi connectivity index (χ3v) is 3.95. The molecule has 2 aromatic rings. The molecule has 0 radical (unpaired) electrons. The number of anilines is 1. The number of nitrogens with zero attached hydrogens (tertiary/aromatic N) is 1. The third-order valence-electron chi connectivity index (χ3n) is 2.58. The van der Waals surface area contributed by atoms with E-state index in [2.05, 4.69) is 10.3 Å². The van der Waals surface area contributed by atoms with Crippen LogP contribution in [-0.2, 0) is 0 Å². The van der Waals surface area contributed by atoms with Gasteiger partial charge in [-0.25, -0.2) is 4.98 Å². The first-order valence-electron chi connectivity index (χ1n) is 5.81. The molecule has 6 heteroatoms. The first-order valence-corrected chi connectivity index (χ1v) is 7.01. The smallest absolute Gasteiger partial charge is 0.183 e. The molecule has 0 amide bonds. The molecule has 1 aromatic heterocycles. The van der Waals surface area contributed by atoms with E-state index in [1.807, 2.05) is 19.1 Å². The summed E-state index contributed by atoms with van der Waals surface area (Å²) in [4.78, 5) is 5.29. The first-order chi connectivity index (χ1) is 9.21. The molecule has 1 heterocycles. The van der Waals surface area contributed by atoms with E-state index in [-0.39, 0.29) is 0 Å². The summed E-state index contributed by atoms with van der Waals surface area (Å²) in [5, 5.41) is 4.59. The minimum Gasteiger partial charge on any atom is -0.493 e. The lowest BCUT2D eigenvalue weighted by Gasteiger charge is -2.11. The number of hydrogen-bond acceptors (Lipinski definition) is 5. The van der Waals surface area contributed by atoms with Crippen LogP contribution >= 0.6 is 22.9 Å². The van der Waals surface area contributed by atoms with E-state index in [1.165, 1.54) is 0 Å². The largest absolute Gasteiger partial charge is 0.493 e. The van der Waals surface area contributed by atoms with Crippen molar-refractivity contribution in [2.24, 2.45) is 0 Å². The average Bonchev–Trinajstić information content (AvgIpc) is 2.87. The summed E-state index contributed by atoms with van der Waals surface area (Å²) in [6.07, 6.45) is 1.80. The van der Waals surface area contributed by atoms with Crippen LogP contribution in [0.5, 0.6) is 11.5 Å². The predicted octanol–water partition coefficient (Wildman–Crippen LogP) is 3.91. The molecule has 1 aromatic carbocycles. The lowest BCUT2D eigenvalue weighted by molar-refractivity contribution is 0.355. The Kier molecular flexibility index (Phi) is 4.50. The van der Waals surface area contributed by atoms with Crippen molar-refractivity contribution in [1.29, 1.82) is 0 Å². The monoisotopic (exact) mass is 298 g/mol. The normalized spacial score (nSPS) is 10.3. The minimum absolute atomic E-state index is 0.536. The van der Waals surface area contributed by atoms with Crippen molar-refractivity contribution in [1.82, 2.24) is 4.98 Å². The molecule has 0 spiro atoms. The van der Waals surface area contributed by atoms with Crippen molar-refractivity contribution in [3.05, 3.63) is 23.4 Å². The van der Waals surface area contributed by atoms with Gasteiger partial charge >= 0.3 is 0 Å². The summed E-state index contributed by atoms with van der Waals surface area (Å²) in [5.74, 6) is 1.16. The van der Waals surface area contributed by atoms with Gasteiger partial charge in [-0.1, -0.05) is 22.9 Å². The Hall–Kier alpha value is -1.46. The second-order valence-corrected chi connectivity index (χ2v) is 5.13. The summed E-state index contributed by atoms with van der Waals surface area (Å²) in [6, 6.07) is 3.75. The lowest BCUT2D eigenvalue weighted by atomic mass is 10.2. The molecule has 0 aliphatic rings. The van der Waals surface area contributed by atoms with Gasteiger partial charge in [-0.05, 0) is 19.1 Å². The zero-order valence-electron chi connectivity index (χ0n) is 11.0. The number of hydrogen-bond donors (Lipinski definition) is 1. The highest BCUT2D eigenvalue weighted by molar-refractivity contribution is 7.18. The number of aromatic nitrogens is 1. The minimum atomic E-state index is 0.536. The van der Waals surface area contributed by atoms with Gasteiger partial charge in [0, 0.05) is 18.3 Å². The van der Waals surface area contributed by atoms with Gasteiger partial charge in [0.05, 0.1) is 24.1 Å². The number of halogens is 1. The molecule has 4 nitrogen and oxygen atoms in total. The molecule has 1 N–H and O–H groups in total. The van der Waals surface area contributed by atoms with Crippen LogP contribution in [0.15, 0.2) is 18.3 Å². The number of nitrogens with one attached hydrogen (secondary N) is 1. The number of rotatable bonds is 5. The average molecular weight is 299 g/mol. The van der Waals surface area contributed by atoms with E-state index in [4.69, 9.17) is 21.1 Å². The first kappa shape index (κ1) is 14.0. The fourth-order valence-corrected chi connectivity index (χ4v) is 3.02. The Balaban J connectivity index is 2.44. The molecule has 2 rings (SSSR count). The summed E-state index contributed by atoms with van der Waals surface area (Å²) in [7, 11) is 3.16. The van der Waals surface area contributed by atoms with Crippen LogP contribution in [0.4, 0.5) is 5.13 Å². The fourth-order valence-electron chi connectivity index (χ4n) is 1.71. The second kappa shape index (κ2) is 6.12. The van der Waals surface area contributed by atoms with Crippen LogP contribution in [-0.4, -0.2) is 25.7 Å². The van der Waals surface area contributed by atoms with E-state index in [0.29, 0.717) is 16.5 Å². The number of ether oxygens (including phenoxy) is 2. The predicted molar refractivity (Wildman–Crippen MR) is 79.8 cm³/mol. The molecule has 0 atom stereocenters. The summed E-state index contributed by atoms with van der Waals surface area (Å²) in [5.41, 5.74) is 0.890. The van der Waals surface area contributed by atoms with E-state index in [1.54, 1.807) is 31.8 Å². The fraction of sp³-hybridized carbons (Fsp3) is 0.308. The SMILES string of the molecule is CCNc1ncc(-c2ccc(OC)c(OC)c2Cl)s1. The Bertz CT molecular complexity index is 572. The van der Waals surface area contributed by atoms with Gasteiger partial charge in [0.2, 0.25) is 0 Å². The van der Waals surface area contributed by atoms with E-state index < -0.39 is 0 Å². The third kappa shape index (κ3) is 2.77. The van der Waals surface area contributed by atoms with Crippen molar-refractivity contribution in [3.8, 4) is 21.9 Å².